The number of ether oxygens (including phenoxy) is 2. The van der Waals surface area contributed by atoms with Crippen LogP contribution in [-0.2, 0) is 10.0 Å². The van der Waals surface area contributed by atoms with Crippen LogP contribution in [0.15, 0.2) is 47.4 Å². The SMILES string of the molecule is COc1cc(F)c(S(=O)(=O)N(c2ccccc2)C(C)C)cc1OC. The third-order valence-electron chi connectivity index (χ3n) is 3.45. The fourth-order valence-electron chi connectivity index (χ4n) is 2.43. The first-order valence-electron chi connectivity index (χ1n) is 7.34. The van der Waals surface area contributed by atoms with E-state index in [0.29, 0.717) is 5.69 Å². The molecular formula is C17H20FNO4S. The summed E-state index contributed by atoms with van der Waals surface area (Å²) in [4.78, 5) is -0.460. The zero-order valence-corrected chi connectivity index (χ0v) is 14.8. The number of benzene rings is 2. The minimum atomic E-state index is -4.12. The van der Waals surface area contributed by atoms with Crippen molar-refractivity contribution < 1.29 is 22.3 Å². The molecule has 0 heterocycles. The van der Waals surface area contributed by atoms with Gasteiger partial charge >= 0.3 is 0 Å². The lowest BCUT2D eigenvalue weighted by atomic mass is 10.3. The number of para-hydroxylation sites is 1. The highest BCUT2D eigenvalue weighted by atomic mass is 32.2. The van der Waals surface area contributed by atoms with Crippen LogP contribution in [0.5, 0.6) is 11.5 Å². The molecule has 5 nitrogen and oxygen atoms in total. The van der Waals surface area contributed by atoms with Crippen LogP contribution in [0.3, 0.4) is 0 Å². The molecule has 0 radical (unpaired) electrons. The maximum atomic E-state index is 14.4. The lowest BCUT2D eigenvalue weighted by molar-refractivity contribution is 0.350. The summed E-state index contributed by atoms with van der Waals surface area (Å²) in [5.41, 5.74) is 0.460. The maximum absolute atomic E-state index is 14.4. The van der Waals surface area contributed by atoms with Gasteiger partial charge in [-0.25, -0.2) is 12.8 Å². The Morgan fingerprint density at radius 1 is 1.00 bits per heavy atom. The number of anilines is 1. The molecule has 0 aliphatic heterocycles. The quantitative estimate of drug-likeness (QED) is 0.798. The van der Waals surface area contributed by atoms with Crippen LogP contribution in [0.1, 0.15) is 13.8 Å². The Bertz CT molecular complexity index is 807. The van der Waals surface area contributed by atoms with Gasteiger partial charge in [-0.15, -0.1) is 0 Å². The molecule has 0 aromatic heterocycles. The number of rotatable bonds is 6. The van der Waals surface area contributed by atoms with Gasteiger partial charge in [0.05, 0.1) is 19.9 Å². The largest absolute Gasteiger partial charge is 0.493 e. The van der Waals surface area contributed by atoms with Crippen molar-refractivity contribution in [3.8, 4) is 11.5 Å². The first kappa shape index (κ1) is 18.1. The second kappa shape index (κ2) is 7.09. The van der Waals surface area contributed by atoms with E-state index in [4.69, 9.17) is 9.47 Å². The average molecular weight is 353 g/mol. The van der Waals surface area contributed by atoms with Crippen molar-refractivity contribution in [2.24, 2.45) is 0 Å². The Morgan fingerprint density at radius 2 is 1.54 bits per heavy atom. The second-order valence-corrected chi connectivity index (χ2v) is 7.15. The molecule has 2 rings (SSSR count). The Labute approximate surface area is 141 Å². The third-order valence-corrected chi connectivity index (χ3v) is 5.47. The van der Waals surface area contributed by atoms with E-state index in [1.807, 2.05) is 0 Å². The highest BCUT2D eigenvalue weighted by molar-refractivity contribution is 7.92. The van der Waals surface area contributed by atoms with Gasteiger partial charge in [0.15, 0.2) is 11.5 Å². The van der Waals surface area contributed by atoms with E-state index in [1.54, 1.807) is 44.2 Å². The summed E-state index contributed by atoms with van der Waals surface area (Å²) in [5, 5.41) is 0. The van der Waals surface area contributed by atoms with Crippen LogP contribution < -0.4 is 13.8 Å². The molecule has 0 N–H and O–H groups in total. The Morgan fingerprint density at radius 3 is 2.04 bits per heavy atom. The second-order valence-electron chi connectivity index (χ2n) is 5.37. The summed E-state index contributed by atoms with van der Waals surface area (Å²) in [7, 11) is -1.40. The topological polar surface area (TPSA) is 55.8 Å². The number of nitrogens with zero attached hydrogens (tertiary/aromatic N) is 1. The van der Waals surface area contributed by atoms with Crippen molar-refractivity contribution in [3.05, 3.63) is 48.3 Å². The summed E-state index contributed by atoms with van der Waals surface area (Å²) in [6.45, 7) is 3.45. The monoisotopic (exact) mass is 353 g/mol. The molecule has 0 atom stereocenters. The highest BCUT2D eigenvalue weighted by Crippen LogP contribution is 2.35. The molecule has 0 aliphatic carbocycles. The van der Waals surface area contributed by atoms with Gasteiger partial charge in [0.2, 0.25) is 0 Å². The molecule has 2 aromatic rings. The number of hydrogen-bond acceptors (Lipinski definition) is 4. The van der Waals surface area contributed by atoms with E-state index in [1.165, 1.54) is 18.5 Å². The van der Waals surface area contributed by atoms with Crippen LogP contribution in [0.4, 0.5) is 10.1 Å². The van der Waals surface area contributed by atoms with Crippen LogP contribution >= 0.6 is 0 Å². The first-order chi connectivity index (χ1) is 11.3. The Hall–Kier alpha value is -2.28. The minimum absolute atomic E-state index is 0.129. The first-order valence-corrected chi connectivity index (χ1v) is 8.78. The van der Waals surface area contributed by atoms with Gasteiger partial charge in [-0.3, -0.25) is 4.31 Å². The predicted octanol–water partition coefficient (Wildman–Crippen LogP) is 3.45. The molecule has 24 heavy (non-hydrogen) atoms. The van der Waals surface area contributed by atoms with Crippen LogP contribution in [0.25, 0.3) is 0 Å². The standard InChI is InChI=1S/C17H20FNO4S/c1-12(2)19(13-8-6-5-7-9-13)24(20,21)17-11-16(23-4)15(22-3)10-14(17)18/h5-12H,1-4H3. The fourth-order valence-corrected chi connectivity index (χ4v) is 4.16. The van der Waals surface area contributed by atoms with Gasteiger partial charge in [-0.05, 0) is 26.0 Å². The summed E-state index contributed by atoms with van der Waals surface area (Å²) in [6.07, 6.45) is 0. The molecule has 7 heteroatoms. The summed E-state index contributed by atoms with van der Waals surface area (Å²) >= 11 is 0. The maximum Gasteiger partial charge on any atom is 0.267 e. The molecule has 0 fully saturated rings. The third kappa shape index (κ3) is 3.31. The van der Waals surface area contributed by atoms with Gasteiger partial charge in [0, 0.05) is 18.2 Å². The number of sulfonamides is 1. The highest BCUT2D eigenvalue weighted by Gasteiger charge is 2.31. The molecule has 0 bridgehead atoms. The Balaban J connectivity index is 2.64. The number of halogens is 1. The molecule has 2 aromatic carbocycles. The normalized spacial score (nSPS) is 11.4. The zero-order chi connectivity index (χ0) is 17.9. The summed E-state index contributed by atoms with van der Waals surface area (Å²) in [5.74, 6) is -0.617. The average Bonchev–Trinajstić information content (AvgIpc) is 2.54. The van der Waals surface area contributed by atoms with E-state index < -0.39 is 26.8 Å². The van der Waals surface area contributed by atoms with Crippen LogP contribution in [-0.4, -0.2) is 28.7 Å². The van der Waals surface area contributed by atoms with Crippen molar-refractivity contribution in [2.75, 3.05) is 18.5 Å². The van der Waals surface area contributed by atoms with Crippen molar-refractivity contribution in [3.63, 3.8) is 0 Å². The van der Waals surface area contributed by atoms with Crippen LogP contribution in [0, 0.1) is 5.82 Å². The molecular weight excluding hydrogens is 333 g/mol. The molecule has 130 valence electrons. The number of methoxy groups -OCH3 is 2. The van der Waals surface area contributed by atoms with Gasteiger partial charge in [0.1, 0.15) is 10.7 Å². The van der Waals surface area contributed by atoms with E-state index >= 15 is 0 Å². The predicted molar refractivity (Wildman–Crippen MR) is 90.7 cm³/mol. The van der Waals surface area contributed by atoms with Gasteiger partial charge in [-0.2, -0.15) is 0 Å². The summed E-state index contributed by atoms with van der Waals surface area (Å²) < 4.78 is 51.8. The zero-order valence-electron chi connectivity index (χ0n) is 14.0. The summed E-state index contributed by atoms with van der Waals surface area (Å²) in [6, 6.07) is 10.3. The van der Waals surface area contributed by atoms with Gasteiger partial charge < -0.3 is 9.47 Å². The Kier molecular flexibility index (Phi) is 5.33. The molecule has 0 spiro atoms. The fraction of sp³-hybridized carbons (Fsp3) is 0.294. The number of hydrogen-bond donors (Lipinski definition) is 0. The molecule has 0 amide bonds. The lowest BCUT2D eigenvalue weighted by Crippen LogP contribution is -2.37. The van der Waals surface area contributed by atoms with Crippen LogP contribution in [0.2, 0.25) is 0 Å². The van der Waals surface area contributed by atoms with Crippen molar-refractivity contribution in [1.29, 1.82) is 0 Å². The minimum Gasteiger partial charge on any atom is -0.493 e. The van der Waals surface area contributed by atoms with E-state index in [2.05, 4.69) is 0 Å². The van der Waals surface area contributed by atoms with Gasteiger partial charge in [-0.1, -0.05) is 18.2 Å². The smallest absolute Gasteiger partial charge is 0.267 e. The lowest BCUT2D eigenvalue weighted by Gasteiger charge is -2.28. The van der Waals surface area contributed by atoms with Gasteiger partial charge in [0.25, 0.3) is 10.0 Å². The van der Waals surface area contributed by atoms with Crippen molar-refractivity contribution in [2.45, 2.75) is 24.8 Å². The molecule has 0 aliphatic rings. The molecule has 0 saturated heterocycles. The van der Waals surface area contributed by atoms with E-state index in [9.17, 15) is 12.8 Å². The van der Waals surface area contributed by atoms with E-state index in [0.717, 1.165) is 12.1 Å². The molecule has 0 unspecified atom stereocenters. The molecule has 0 saturated carbocycles. The van der Waals surface area contributed by atoms with E-state index in [-0.39, 0.29) is 11.5 Å². The van der Waals surface area contributed by atoms with Crippen molar-refractivity contribution >= 4 is 15.7 Å². The van der Waals surface area contributed by atoms with Crippen molar-refractivity contribution in [1.82, 2.24) is 0 Å².